The largest absolute Gasteiger partial charge is 0.356 e. The summed E-state index contributed by atoms with van der Waals surface area (Å²) in [5.74, 6) is 1.54. The van der Waals surface area contributed by atoms with Gasteiger partial charge in [0.15, 0.2) is 5.96 Å². The molecule has 0 unspecified atom stereocenters. The fraction of sp³-hybridized carbons (Fsp3) is 0.773. The molecule has 1 saturated carbocycles. The van der Waals surface area contributed by atoms with Gasteiger partial charge in [-0.3, -0.25) is 19.4 Å². The predicted molar refractivity (Wildman–Crippen MR) is 121 cm³/mol. The molecular formula is C22H39N7O. The molecule has 0 radical (unpaired) electrons. The van der Waals surface area contributed by atoms with Gasteiger partial charge in [-0.2, -0.15) is 5.10 Å². The first-order valence-electron chi connectivity index (χ1n) is 11.5. The number of carbonyl (C=O) groups excluding carboxylic acids is 1. The molecule has 0 spiro atoms. The van der Waals surface area contributed by atoms with Crippen LogP contribution in [0.4, 0.5) is 0 Å². The molecule has 0 atom stereocenters. The fourth-order valence-electron chi connectivity index (χ4n) is 4.51. The summed E-state index contributed by atoms with van der Waals surface area (Å²) in [6, 6.07) is 2.11. The van der Waals surface area contributed by atoms with Crippen LogP contribution in [-0.4, -0.2) is 84.3 Å². The second-order valence-corrected chi connectivity index (χ2v) is 8.58. The van der Waals surface area contributed by atoms with E-state index in [1.807, 2.05) is 14.0 Å². The summed E-state index contributed by atoms with van der Waals surface area (Å²) < 4.78 is 2.06. The van der Waals surface area contributed by atoms with Gasteiger partial charge in [0.25, 0.3) is 0 Å². The highest BCUT2D eigenvalue weighted by Gasteiger charge is 2.29. The molecule has 1 aromatic rings. The number of guanidine groups is 1. The SMILES string of the molecule is CN=C(NCCCn1nc(C)cc1C)NCCN1CCN(C(=O)C2CCCC2)CC1. The molecule has 30 heavy (non-hydrogen) atoms. The Bertz CT molecular complexity index is 700. The third-order valence-electron chi connectivity index (χ3n) is 6.27. The third kappa shape index (κ3) is 6.45. The first-order valence-corrected chi connectivity index (χ1v) is 11.5. The van der Waals surface area contributed by atoms with E-state index in [1.165, 1.54) is 18.5 Å². The molecule has 2 N–H and O–H groups in total. The number of amides is 1. The highest BCUT2D eigenvalue weighted by molar-refractivity contribution is 5.79. The number of piperazine rings is 1. The summed E-state index contributed by atoms with van der Waals surface area (Å²) in [5.41, 5.74) is 2.28. The van der Waals surface area contributed by atoms with E-state index in [2.05, 4.69) is 48.2 Å². The van der Waals surface area contributed by atoms with E-state index in [0.717, 1.165) is 83.3 Å². The summed E-state index contributed by atoms with van der Waals surface area (Å²) in [6.45, 7) is 11.4. The van der Waals surface area contributed by atoms with E-state index in [4.69, 9.17) is 0 Å². The lowest BCUT2D eigenvalue weighted by molar-refractivity contribution is -0.137. The quantitative estimate of drug-likeness (QED) is 0.380. The molecule has 2 aliphatic rings. The zero-order valence-electron chi connectivity index (χ0n) is 19.0. The lowest BCUT2D eigenvalue weighted by atomic mass is 10.1. The average molecular weight is 418 g/mol. The highest BCUT2D eigenvalue weighted by atomic mass is 16.2. The average Bonchev–Trinajstić information content (AvgIpc) is 3.39. The zero-order chi connectivity index (χ0) is 21.3. The summed E-state index contributed by atoms with van der Waals surface area (Å²) in [6.07, 6.45) is 5.63. The van der Waals surface area contributed by atoms with Crippen LogP contribution in [0.2, 0.25) is 0 Å². The van der Waals surface area contributed by atoms with Crippen LogP contribution in [0.5, 0.6) is 0 Å². The maximum Gasteiger partial charge on any atom is 0.225 e. The minimum Gasteiger partial charge on any atom is -0.356 e. The number of aliphatic imine (C=N–C) groups is 1. The Hall–Kier alpha value is -2.09. The van der Waals surface area contributed by atoms with Crippen LogP contribution >= 0.6 is 0 Å². The number of hydrogen-bond donors (Lipinski definition) is 2. The Kier molecular flexibility index (Phi) is 8.54. The van der Waals surface area contributed by atoms with Crippen molar-refractivity contribution >= 4 is 11.9 Å². The summed E-state index contributed by atoms with van der Waals surface area (Å²) in [5, 5.41) is 11.3. The van der Waals surface area contributed by atoms with Gasteiger partial charge in [-0.15, -0.1) is 0 Å². The minimum atomic E-state index is 0.300. The van der Waals surface area contributed by atoms with E-state index in [9.17, 15) is 4.79 Å². The number of aryl methyl sites for hydroxylation is 3. The molecule has 8 nitrogen and oxygen atoms in total. The Balaban J connectivity index is 1.27. The second-order valence-electron chi connectivity index (χ2n) is 8.58. The topological polar surface area (TPSA) is 77.8 Å². The standard InChI is InChI=1S/C22H39N7O/c1-18-17-19(2)29(26-18)11-6-9-24-22(23-3)25-10-12-27-13-15-28(16-14-27)21(30)20-7-4-5-8-20/h17,20H,4-16H2,1-3H3,(H2,23,24,25). The number of hydrogen-bond acceptors (Lipinski definition) is 4. The summed E-state index contributed by atoms with van der Waals surface area (Å²) in [7, 11) is 1.81. The van der Waals surface area contributed by atoms with Gasteiger partial charge in [-0.05, 0) is 39.2 Å². The molecule has 1 amide bonds. The fourth-order valence-corrected chi connectivity index (χ4v) is 4.51. The van der Waals surface area contributed by atoms with Gasteiger partial charge in [-0.1, -0.05) is 12.8 Å². The van der Waals surface area contributed by atoms with Gasteiger partial charge < -0.3 is 15.5 Å². The third-order valence-corrected chi connectivity index (χ3v) is 6.27. The van der Waals surface area contributed by atoms with Crippen LogP contribution in [-0.2, 0) is 11.3 Å². The Labute approximate surface area is 181 Å². The van der Waals surface area contributed by atoms with Crippen molar-refractivity contribution in [3.63, 3.8) is 0 Å². The van der Waals surface area contributed by atoms with Crippen LogP contribution in [0.3, 0.4) is 0 Å². The van der Waals surface area contributed by atoms with Crippen LogP contribution in [0.15, 0.2) is 11.1 Å². The number of nitrogens with zero attached hydrogens (tertiary/aromatic N) is 5. The molecule has 8 heteroatoms. The van der Waals surface area contributed by atoms with Crippen molar-refractivity contribution < 1.29 is 4.79 Å². The Morgan fingerprint density at radius 3 is 2.43 bits per heavy atom. The van der Waals surface area contributed by atoms with Gasteiger partial charge in [0.1, 0.15) is 0 Å². The van der Waals surface area contributed by atoms with Crippen molar-refractivity contribution in [2.24, 2.45) is 10.9 Å². The molecule has 0 bridgehead atoms. The van der Waals surface area contributed by atoms with E-state index in [0.29, 0.717) is 11.8 Å². The smallest absolute Gasteiger partial charge is 0.225 e. The van der Waals surface area contributed by atoms with Gasteiger partial charge in [0, 0.05) is 71.0 Å². The van der Waals surface area contributed by atoms with Gasteiger partial charge in [-0.25, -0.2) is 0 Å². The first-order chi connectivity index (χ1) is 14.6. The number of aromatic nitrogens is 2. The number of carbonyl (C=O) groups is 1. The monoisotopic (exact) mass is 417 g/mol. The molecule has 1 aliphatic heterocycles. The molecule has 168 valence electrons. The van der Waals surface area contributed by atoms with Crippen LogP contribution in [0.1, 0.15) is 43.5 Å². The van der Waals surface area contributed by atoms with E-state index >= 15 is 0 Å². The maximum absolute atomic E-state index is 12.6. The Morgan fingerprint density at radius 2 is 1.80 bits per heavy atom. The number of nitrogens with one attached hydrogen (secondary N) is 2. The molecule has 1 aromatic heterocycles. The lowest BCUT2D eigenvalue weighted by Crippen LogP contribution is -2.51. The van der Waals surface area contributed by atoms with E-state index in [1.54, 1.807) is 0 Å². The minimum absolute atomic E-state index is 0.300. The van der Waals surface area contributed by atoms with Gasteiger partial charge in [0.2, 0.25) is 5.91 Å². The van der Waals surface area contributed by atoms with Gasteiger partial charge >= 0.3 is 0 Å². The van der Waals surface area contributed by atoms with Crippen LogP contribution < -0.4 is 10.6 Å². The van der Waals surface area contributed by atoms with Crippen molar-refractivity contribution in [3.8, 4) is 0 Å². The van der Waals surface area contributed by atoms with Crippen molar-refractivity contribution in [1.82, 2.24) is 30.2 Å². The Morgan fingerprint density at radius 1 is 1.10 bits per heavy atom. The molecule has 2 fully saturated rings. The normalized spacial score (nSPS) is 18.8. The molecule has 0 aromatic carbocycles. The lowest BCUT2D eigenvalue weighted by Gasteiger charge is -2.36. The van der Waals surface area contributed by atoms with Crippen molar-refractivity contribution in [2.75, 3.05) is 52.9 Å². The highest BCUT2D eigenvalue weighted by Crippen LogP contribution is 2.26. The van der Waals surface area contributed by atoms with Crippen molar-refractivity contribution in [2.45, 2.75) is 52.5 Å². The van der Waals surface area contributed by atoms with Gasteiger partial charge in [0.05, 0.1) is 5.69 Å². The maximum atomic E-state index is 12.6. The molecule has 1 saturated heterocycles. The predicted octanol–water partition coefficient (Wildman–Crippen LogP) is 1.39. The molecule has 3 rings (SSSR count). The van der Waals surface area contributed by atoms with Crippen molar-refractivity contribution in [1.29, 1.82) is 0 Å². The molecular weight excluding hydrogens is 378 g/mol. The van der Waals surface area contributed by atoms with Crippen molar-refractivity contribution in [3.05, 3.63) is 17.5 Å². The molecule has 1 aliphatic carbocycles. The summed E-state index contributed by atoms with van der Waals surface area (Å²) in [4.78, 5) is 21.4. The van der Waals surface area contributed by atoms with E-state index < -0.39 is 0 Å². The second kappa shape index (κ2) is 11.3. The molecule has 2 heterocycles. The summed E-state index contributed by atoms with van der Waals surface area (Å²) >= 11 is 0. The van der Waals surface area contributed by atoms with E-state index in [-0.39, 0.29) is 0 Å². The number of rotatable bonds is 8. The van der Waals surface area contributed by atoms with Crippen LogP contribution in [0.25, 0.3) is 0 Å². The first kappa shape index (κ1) is 22.6. The zero-order valence-corrected chi connectivity index (χ0v) is 19.0. The van der Waals surface area contributed by atoms with Crippen LogP contribution in [0, 0.1) is 19.8 Å².